The second-order valence-electron chi connectivity index (χ2n) is 6.32. The largest absolute Gasteiger partial charge is 0.476 e. The van der Waals surface area contributed by atoms with Crippen LogP contribution in [0.4, 0.5) is 0 Å². The lowest BCUT2D eigenvalue weighted by atomic mass is 9.82. The monoisotopic (exact) mass is 306 g/mol. The molecule has 2 N–H and O–H groups in total. The molecular formula is C15H22N4O3. The van der Waals surface area contributed by atoms with Crippen LogP contribution in [0.2, 0.25) is 0 Å². The van der Waals surface area contributed by atoms with Crippen molar-refractivity contribution in [2.24, 2.45) is 0 Å². The Labute approximate surface area is 129 Å². The third-order valence-corrected chi connectivity index (χ3v) is 4.73. The molecule has 7 heteroatoms. The van der Waals surface area contributed by atoms with Gasteiger partial charge in [-0.15, -0.1) is 5.10 Å². The number of carboxylic acid groups (broad SMARTS) is 1. The molecule has 0 unspecified atom stereocenters. The zero-order valence-corrected chi connectivity index (χ0v) is 12.6. The molecule has 22 heavy (non-hydrogen) atoms. The van der Waals surface area contributed by atoms with Gasteiger partial charge in [0.05, 0.1) is 5.69 Å². The van der Waals surface area contributed by atoms with Crippen molar-refractivity contribution < 1.29 is 14.7 Å². The number of carbonyl (C=O) groups is 2. The van der Waals surface area contributed by atoms with Crippen LogP contribution < -0.4 is 5.32 Å². The number of carboxylic acids is 1. The fraction of sp³-hybridized carbons (Fsp3) is 0.733. The van der Waals surface area contributed by atoms with Crippen molar-refractivity contribution in [2.75, 3.05) is 0 Å². The van der Waals surface area contributed by atoms with Gasteiger partial charge in [-0.1, -0.05) is 30.9 Å². The number of nitrogens with zero attached hydrogens (tertiary/aromatic N) is 3. The first-order valence-corrected chi connectivity index (χ1v) is 8.11. The van der Waals surface area contributed by atoms with E-state index in [4.69, 9.17) is 0 Å². The second-order valence-corrected chi connectivity index (χ2v) is 6.32. The van der Waals surface area contributed by atoms with Crippen LogP contribution in [0.5, 0.6) is 0 Å². The van der Waals surface area contributed by atoms with Crippen LogP contribution in [0.3, 0.4) is 0 Å². The van der Waals surface area contributed by atoms with Crippen molar-refractivity contribution in [3.8, 4) is 0 Å². The molecule has 2 aliphatic rings. The van der Waals surface area contributed by atoms with E-state index in [2.05, 4.69) is 15.6 Å². The van der Waals surface area contributed by atoms with Gasteiger partial charge in [0.15, 0.2) is 5.69 Å². The summed E-state index contributed by atoms with van der Waals surface area (Å²) in [5.41, 5.74) is 0.604. The molecule has 120 valence electrons. The van der Waals surface area contributed by atoms with Gasteiger partial charge in [-0.2, -0.15) is 0 Å². The van der Waals surface area contributed by atoms with Crippen molar-refractivity contribution in [1.82, 2.24) is 20.3 Å². The first kappa shape index (κ1) is 15.0. The Balaban J connectivity index is 1.68. The summed E-state index contributed by atoms with van der Waals surface area (Å²) in [7, 11) is 0. The molecule has 0 spiro atoms. The average Bonchev–Trinajstić information content (AvgIpc) is 2.82. The van der Waals surface area contributed by atoms with Crippen LogP contribution in [-0.4, -0.2) is 38.0 Å². The number of nitrogens with one attached hydrogen (secondary N) is 1. The SMILES string of the molecule is O=C(Cn1nnc(C(=O)O)c1C1CCC1)NC1CCCCC1. The molecule has 0 saturated heterocycles. The molecule has 1 heterocycles. The summed E-state index contributed by atoms with van der Waals surface area (Å²) in [5.74, 6) is -1.00. The predicted molar refractivity (Wildman–Crippen MR) is 78.6 cm³/mol. The van der Waals surface area contributed by atoms with Crippen molar-refractivity contribution in [3.05, 3.63) is 11.4 Å². The van der Waals surface area contributed by atoms with Gasteiger partial charge in [-0.05, 0) is 25.7 Å². The smallest absolute Gasteiger partial charge is 0.358 e. The Morgan fingerprint density at radius 3 is 2.45 bits per heavy atom. The quantitative estimate of drug-likeness (QED) is 0.863. The Morgan fingerprint density at radius 1 is 1.14 bits per heavy atom. The zero-order chi connectivity index (χ0) is 15.5. The summed E-state index contributed by atoms with van der Waals surface area (Å²) in [4.78, 5) is 23.5. The molecule has 2 fully saturated rings. The Morgan fingerprint density at radius 2 is 1.86 bits per heavy atom. The summed E-state index contributed by atoms with van der Waals surface area (Å²) in [5, 5.41) is 19.9. The highest BCUT2D eigenvalue weighted by atomic mass is 16.4. The summed E-state index contributed by atoms with van der Waals surface area (Å²) in [6.07, 6.45) is 8.58. The second kappa shape index (κ2) is 6.46. The molecule has 3 rings (SSSR count). The average molecular weight is 306 g/mol. The van der Waals surface area contributed by atoms with Crippen LogP contribution in [-0.2, 0) is 11.3 Å². The number of hydrogen-bond acceptors (Lipinski definition) is 4. The van der Waals surface area contributed by atoms with Crippen LogP contribution in [0.15, 0.2) is 0 Å². The first-order chi connectivity index (χ1) is 10.6. The number of aromatic carboxylic acids is 1. The van der Waals surface area contributed by atoms with Crippen LogP contribution in [0.1, 0.15) is 73.5 Å². The van der Waals surface area contributed by atoms with Gasteiger partial charge < -0.3 is 10.4 Å². The number of amides is 1. The lowest BCUT2D eigenvalue weighted by Crippen LogP contribution is -2.38. The van der Waals surface area contributed by atoms with Crippen molar-refractivity contribution >= 4 is 11.9 Å². The molecule has 1 aromatic heterocycles. The summed E-state index contributed by atoms with van der Waals surface area (Å²) in [6.45, 7) is 0.0581. The number of carbonyl (C=O) groups excluding carboxylic acids is 1. The molecular weight excluding hydrogens is 284 g/mol. The minimum atomic E-state index is -1.07. The van der Waals surface area contributed by atoms with Gasteiger partial charge in [0.2, 0.25) is 5.91 Å². The van der Waals surface area contributed by atoms with E-state index in [9.17, 15) is 14.7 Å². The standard InChI is InChI=1S/C15H22N4O3/c20-12(16-11-7-2-1-3-8-11)9-19-14(10-5-4-6-10)13(15(21)22)17-18-19/h10-11H,1-9H2,(H,16,20)(H,21,22). The first-order valence-electron chi connectivity index (χ1n) is 8.11. The minimum Gasteiger partial charge on any atom is -0.476 e. The Bertz CT molecular complexity index is 559. The molecule has 1 aromatic rings. The van der Waals surface area contributed by atoms with E-state index in [1.807, 2.05) is 0 Å². The lowest BCUT2D eigenvalue weighted by Gasteiger charge is -2.26. The molecule has 0 atom stereocenters. The van der Waals surface area contributed by atoms with Gasteiger partial charge in [0.1, 0.15) is 6.54 Å². The molecule has 0 aliphatic heterocycles. The Kier molecular flexibility index (Phi) is 4.40. The van der Waals surface area contributed by atoms with Gasteiger partial charge >= 0.3 is 5.97 Å². The molecule has 2 aliphatic carbocycles. The van der Waals surface area contributed by atoms with Gasteiger partial charge in [-0.25, -0.2) is 9.48 Å². The summed E-state index contributed by atoms with van der Waals surface area (Å²) < 4.78 is 1.48. The van der Waals surface area contributed by atoms with Crippen molar-refractivity contribution in [1.29, 1.82) is 0 Å². The van der Waals surface area contributed by atoms with Gasteiger partial charge in [-0.3, -0.25) is 4.79 Å². The van der Waals surface area contributed by atoms with E-state index in [0.29, 0.717) is 5.69 Å². The zero-order valence-electron chi connectivity index (χ0n) is 12.6. The number of hydrogen-bond donors (Lipinski definition) is 2. The van der Waals surface area contributed by atoms with Gasteiger partial charge in [0, 0.05) is 12.0 Å². The highest BCUT2D eigenvalue weighted by molar-refractivity contribution is 5.87. The highest BCUT2D eigenvalue weighted by Gasteiger charge is 2.31. The normalized spacial score (nSPS) is 19.6. The fourth-order valence-corrected chi connectivity index (χ4v) is 3.33. The fourth-order valence-electron chi connectivity index (χ4n) is 3.33. The third-order valence-electron chi connectivity index (χ3n) is 4.73. The summed E-state index contributed by atoms with van der Waals surface area (Å²) in [6, 6.07) is 0.246. The maximum atomic E-state index is 12.2. The maximum Gasteiger partial charge on any atom is 0.358 e. The topological polar surface area (TPSA) is 97.1 Å². The molecule has 0 radical (unpaired) electrons. The highest BCUT2D eigenvalue weighted by Crippen LogP contribution is 2.37. The van der Waals surface area contributed by atoms with Crippen molar-refractivity contribution in [2.45, 2.75) is 69.9 Å². The van der Waals surface area contributed by atoms with E-state index in [0.717, 1.165) is 44.9 Å². The lowest BCUT2D eigenvalue weighted by molar-refractivity contribution is -0.122. The maximum absolute atomic E-state index is 12.2. The molecule has 2 saturated carbocycles. The molecule has 0 bridgehead atoms. The minimum absolute atomic E-state index is 0.00448. The van der Waals surface area contributed by atoms with E-state index >= 15 is 0 Å². The van der Waals surface area contributed by atoms with Crippen LogP contribution in [0, 0.1) is 0 Å². The third kappa shape index (κ3) is 3.13. The molecule has 0 aromatic carbocycles. The number of rotatable bonds is 5. The van der Waals surface area contributed by atoms with E-state index in [-0.39, 0.29) is 30.1 Å². The number of aromatic nitrogens is 3. The van der Waals surface area contributed by atoms with E-state index in [1.54, 1.807) is 0 Å². The van der Waals surface area contributed by atoms with Crippen molar-refractivity contribution in [3.63, 3.8) is 0 Å². The molecule has 1 amide bonds. The van der Waals surface area contributed by atoms with E-state index < -0.39 is 5.97 Å². The Hall–Kier alpha value is -1.92. The predicted octanol–water partition coefficient (Wildman–Crippen LogP) is 1.69. The van der Waals surface area contributed by atoms with E-state index in [1.165, 1.54) is 11.1 Å². The molecule has 7 nitrogen and oxygen atoms in total. The van der Waals surface area contributed by atoms with Crippen LogP contribution >= 0.6 is 0 Å². The summed E-state index contributed by atoms with van der Waals surface area (Å²) >= 11 is 0. The van der Waals surface area contributed by atoms with Crippen LogP contribution in [0.25, 0.3) is 0 Å². The van der Waals surface area contributed by atoms with Gasteiger partial charge in [0.25, 0.3) is 0 Å².